The highest BCUT2D eigenvalue weighted by Gasteiger charge is 2.11. The van der Waals surface area contributed by atoms with E-state index in [9.17, 15) is 0 Å². The molecular formula is C15H25N3. The van der Waals surface area contributed by atoms with Crippen molar-refractivity contribution in [2.45, 2.75) is 52.2 Å². The fraction of sp³-hybridized carbons (Fsp3) is 0.667. The molecule has 2 heterocycles. The third-order valence-electron chi connectivity index (χ3n) is 3.39. The molecule has 1 aromatic heterocycles. The number of piperidine rings is 1. The van der Waals surface area contributed by atoms with E-state index in [-0.39, 0.29) is 0 Å². The molecule has 2 rings (SSSR count). The predicted molar refractivity (Wildman–Crippen MR) is 75.3 cm³/mol. The van der Waals surface area contributed by atoms with Crippen molar-refractivity contribution in [3.63, 3.8) is 0 Å². The van der Waals surface area contributed by atoms with Gasteiger partial charge in [0.15, 0.2) is 0 Å². The first-order valence-corrected chi connectivity index (χ1v) is 7.14. The normalized spacial score (nSPS) is 17.3. The molecule has 0 radical (unpaired) electrons. The van der Waals surface area contributed by atoms with Crippen LogP contribution in [0.15, 0.2) is 18.2 Å². The third-order valence-corrected chi connectivity index (χ3v) is 3.39. The molecule has 1 aliphatic rings. The smallest absolute Gasteiger partial charge is 0.0547 e. The Bertz CT molecular complexity index is 357. The van der Waals surface area contributed by atoms with Crippen LogP contribution in [0.3, 0.4) is 0 Å². The van der Waals surface area contributed by atoms with E-state index in [0.717, 1.165) is 18.8 Å². The first kappa shape index (κ1) is 13.5. The van der Waals surface area contributed by atoms with Gasteiger partial charge in [-0.2, -0.15) is 0 Å². The molecule has 0 aromatic carbocycles. The number of likely N-dealkylation sites (tertiary alicyclic amines) is 1. The van der Waals surface area contributed by atoms with Gasteiger partial charge in [0.05, 0.1) is 11.4 Å². The summed E-state index contributed by atoms with van der Waals surface area (Å²) in [5, 5.41) is 3.42. The Morgan fingerprint density at radius 2 is 1.89 bits per heavy atom. The van der Waals surface area contributed by atoms with Crippen molar-refractivity contribution in [1.82, 2.24) is 15.2 Å². The Morgan fingerprint density at radius 3 is 2.61 bits per heavy atom. The SMILES string of the molecule is CC(C)NCc1cccc(CN2CCCCC2)n1. The zero-order valence-corrected chi connectivity index (χ0v) is 11.7. The summed E-state index contributed by atoms with van der Waals surface area (Å²) in [5.74, 6) is 0. The molecule has 0 spiro atoms. The van der Waals surface area contributed by atoms with Crippen LogP contribution in [-0.4, -0.2) is 29.0 Å². The Balaban J connectivity index is 1.89. The van der Waals surface area contributed by atoms with E-state index in [4.69, 9.17) is 4.98 Å². The van der Waals surface area contributed by atoms with E-state index in [1.54, 1.807) is 0 Å². The number of rotatable bonds is 5. The number of nitrogens with one attached hydrogen (secondary N) is 1. The fourth-order valence-electron chi connectivity index (χ4n) is 2.37. The summed E-state index contributed by atoms with van der Waals surface area (Å²) in [7, 11) is 0. The van der Waals surface area contributed by atoms with Crippen molar-refractivity contribution < 1.29 is 0 Å². The van der Waals surface area contributed by atoms with E-state index in [1.807, 2.05) is 0 Å². The molecule has 0 amide bonds. The van der Waals surface area contributed by atoms with E-state index < -0.39 is 0 Å². The fourth-order valence-corrected chi connectivity index (χ4v) is 2.37. The van der Waals surface area contributed by atoms with Gasteiger partial charge in [-0.05, 0) is 38.1 Å². The largest absolute Gasteiger partial charge is 0.309 e. The summed E-state index contributed by atoms with van der Waals surface area (Å²) in [4.78, 5) is 7.25. The first-order chi connectivity index (χ1) is 8.74. The average molecular weight is 247 g/mol. The second-order valence-electron chi connectivity index (χ2n) is 5.49. The van der Waals surface area contributed by atoms with Crippen molar-refractivity contribution in [1.29, 1.82) is 0 Å². The van der Waals surface area contributed by atoms with Crippen LogP contribution in [0.2, 0.25) is 0 Å². The third kappa shape index (κ3) is 4.39. The van der Waals surface area contributed by atoms with Crippen LogP contribution >= 0.6 is 0 Å². The van der Waals surface area contributed by atoms with Gasteiger partial charge in [-0.1, -0.05) is 26.3 Å². The van der Waals surface area contributed by atoms with Gasteiger partial charge in [0.1, 0.15) is 0 Å². The highest BCUT2D eigenvalue weighted by Crippen LogP contribution is 2.12. The maximum absolute atomic E-state index is 4.73. The quantitative estimate of drug-likeness (QED) is 0.867. The van der Waals surface area contributed by atoms with Crippen LogP contribution in [0.25, 0.3) is 0 Å². The summed E-state index contributed by atoms with van der Waals surface area (Å²) >= 11 is 0. The topological polar surface area (TPSA) is 28.2 Å². The molecular weight excluding hydrogens is 222 g/mol. The molecule has 0 saturated carbocycles. The highest BCUT2D eigenvalue weighted by molar-refractivity contribution is 5.11. The Labute approximate surface area is 111 Å². The standard InChI is InChI=1S/C15H25N3/c1-13(2)16-11-14-7-6-8-15(17-14)12-18-9-4-3-5-10-18/h6-8,13,16H,3-5,9-12H2,1-2H3. The van der Waals surface area contributed by atoms with E-state index in [1.165, 1.54) is 38.0 Å². The van der Waals surface area contributed by atoms with Crippen molar-refractivity contribution in [2.75, 3.05) is 13.1 Å². The number of nitrogens with zero attached hydrogens (tertiary/aromatic N) is 2. The molecule has 1 aromatic rings. The van der Waals surface area contributed by atoms with Crippen molar-refractivity contribution in [2.24, 2.45) is 0 Å². The maximum atomic E-state index is 4.73. The minimum Gasteiger partial charge on any atom is -0.309 e. The maximum Gasteiger partial charge on any atom is 0.0547 e. The van der Waals surface area contributed by atoms with Gasteiger partial charge in [0, 0.05) is 19.1 Å². The van der Waals surface area contributed by atoms with Crippen LogP contribution in [0.1, 0.15) is 44.5 Å². The number of hydrogen-bond acceptors (Lipinski definition) is 3. The molecule has 1 aliphatic heterocycles. The van der Waals surface area contributed by atoms with Crippen LogP contribution in [0, 0.1) is 0 Å². The molecule has 0 unspecified atom stereocenters. The lowest BCUT2D eigenvalue weighted by atomic mass is 10.1. The molecule has 3 nitrogen and oxygen atoms in total. The molecule has 1 fully saturated rings. The van der Waals surface area contributed by atoms with Gasteiger partial charge in [-0.25, -0.2) is 0 Å². The minimum absolute atomic E-state index is 0.512. The molecule has 0 bridgehead atoms. The summed E-state index contributed by atoms with van der Waals surface area (Å²) in [5.41, 5.74) is 2.36. The zero-order chi connectivity index (χ0) is 12.8. The second-order valence-corrected chi connectivity index (χ2v) is 5.49. The predicted octanol–water partition coefficient (Wildman–Crippen LogP) is 2.57. The van der Waals surface area contributed by atoms with E-state index >= 15 is 0 Å². The van der Waals surface area contributed by atoms with E-state index in [2.05, 4.69) is 42.3 Å². The molecule has 18 heavy (non-hydrogen) atoms. The summed E-state index contributed by atoms with van der Waals surface area (Å²) in [6.07, 6.45) is 4.07. The number of pyridine rings is 1. The lowest BCUT2D eigenvalue weighted by Crippen LogP contribution is -2.29. The van der Waals surface area contributed by atoms with Gasteiger partial charge < -0.3 is 5.32 Å². The average Bonchev–Trinajstić information content (AvgIpc) is 2.38. The van der Waals surface area contributed by atoms with Crippen molar-refractivity contribution >= 4 is 0 Å². The van der Waals surface area contributed by atoms with Gasteiger partial charge in [0.2, 0.25) is 0 Å². The van der Waals surface area contributed by atoms with Gasteiger partial charge in [-0.15, -0.1) is 0 Å². The molecule has 0 atom stereocenters. The van der Waals surface area contributed by atoms with Crippen molar-refractivity contribution in [3.05, 3.63) is 29.6 Å². The molecule has 1 saturated heterocycles. The second kappa shape index (κ2) is 6.86. The molecule has 3 heteroatoms. The number of aromatic nitrogens is 1. The monoisotopic (exact) mass is 247 g/mol. The Morgan fingerprint density at radius 1 is 1.17 bits per heavy atom. The van der Waals surface area contributed by atoms with Gasteiger partial charge in [-0.3, -0.25) is 9.88 Å². The van der Waals surface area contributed by atoms with Gasteiger partial charge in [0.25, 0.3) is 0 Å². The number of hydrogen-bond donors (Lipinski definition) is 1. The first-order valence-electron chi connectivity index (χ1n) is 7.14. The van der Waals surface area contributed by atoms with Crippen LogP contribution in [-0.2, 0) is 13.1 Å². The molecule has 1 N–H and O–H groups in total. The van der Waals surface area contributed by atoms with E-state index in [0.29, 0.717) is 6.04 Å². The van der Waals surface area contributed by atoms with Gasteiger partial charge >= 0.3 is 0 Å². The lowest BCUT2D eigenvalue weighted by molar-refractivity contribution is 0.218. The van der Waals surface area contributed by atoms with Crippen LogP contribution in [0.4, 0.5) is 0 Å². The highest BCUT2D eigenvalue weighted by atomic mass is 15.1. The summed E-state index contributed by atoms with van der Waals surface area (Å²) < 4.78 is 0. The summed E-state index contributed by atoms with van der Waals surface area (Å²) in [6, 6.07) is 6.89. The van der Waals surface area contributed by atoms with Crippen LogP contribution < -0.4 is 5.32 Å². The molecule has 100 valence electrons. The summed E-state index contributed by atoms with van der Waals surface area (Å²) in [6.45, 7) is 8.67. The van der Waals surface area contributed by atoms with Crippen LogP contribution in [0.5, 0.6) is 0 Å². The lowest BCUT2D eigenvalue weighted by Gasteiger charge is -2.26. The Hall–Kier alpha value is -0.930. The Kier molecular flexibility index (Phi) is 5.14. The minimum atomic E-state index is 0.512. The zero-order valence-electron chi connectivity index (χ0n) is 11.7. The van der Waals surface area contributed by atoms with Crippen molar-refractivity contribution in [3.8, 4) is 0 Å². The molecule has 0 aliphatic carbocycles.